The van der Waals surface area contributed by atoms with Crippen LogP contribution < -0.4 is 14.4 Å². The zero-order valence-corrected chi connectivity index (χ0v) is 18.1. The highest BCUT2D eigenvalue weighted by molar-refractivity contribution is 5.49. The molecule has 0 spiro atoms. The van der Waals surface area contributed by atoms with Crippen LogP contribution in [-0.2, 0) is 6.54 Å². The second kappa shape index (κ2) is 10.3. The third kappa shape index (κ3) is 5.86. The summed E-state index contributed by atoms with van der Waals surface area (Å²) in [7, 11) is 1.69. The second-order valence-corrected chi connectivity index (χ2v) is 8.27. The molecule has 4 rings (SSSR count). The molecule has 5 nitrogen and oxygen atoms in total. The largest absolute Gasteiger partial charge is 0.497 e. The van der Waals surface area contributed by atoms with Crippen molar-refractivity contribution in [1.29, 1.82) is 0 Å². The van der Waals surface area contributed by atoms with Crippen LogP contribution in [0, 0.1) is 0 Å². The molecule has 0 radical (unpaired) electrons. The van der Waals surface area contributed by atoms with Crippen LogP contribution in [0.1, 0.15) is 18.4 Å². The zero-order chi connectivity index (χ0) is 21.6. The number of hydrogen-bond donors (Lipinski definition) is 0. The van der Waals surface area contributed by atoms with Crippen molar-refractivity contribution >= 4 is 5.69 Å². The van der Waals surface area contributed by atoms with E-state index in [1.807, 2.05) is 24.3 Å². The summed E-state index contributed by atoms with van der Waals surface area (Å²) < 4.78 is 34.3. The number of alkyl halides is 2. The Morgan fingerprint density at radius 1 is 0.903 bits per heavy atom. The lowest BCUT2D eigenvalue weighted by molar-refractivity contribution is -0.0498. The van der Waals surface area contributed by atoms with E-state index in [2.05, 4.69) is 31.6 Å². The van der Waals surface area contributed by atoms with Gasteiger partial charge in [0, 0.05) is 51.0 Å². The Labute approximate surface area is 183 Å². The molecule has 0 saturated carbocycles. The predicted octanol–water partition coefficient (Wildman–Crippen LogP) is 4.08. The molecule has 2 aliphatic heterocycles. The van der Waals surface area contributed by atoms with Crippen molar-refractivity contribution in [2.45, 2.75) is 32.0 Å². The highest BCUT2D eigenvalue weighted by Gasteiger charge is 2.28. The van der Waals surface area contributed by atoms with Gasteiger partial charge in [-0.2, -0.15) is 8.78 Å². The molecule has 2 saturated heterocycles. The fraction of sp³-hybridized carbons (Fsp3) is 0.500. The Bertz CT molecular complexity index is 809. The van der Waals surface area contributed by atoms with Gasteiger partial charge in [-0.15, -0.1) is 0 Å². The van der Waals surface area contributed by atoms with Gasteiger partial charge in [0.2, 0.25) is 0 Å². The first-order valence-electron chi connectivity index (χ1n) is 11.0. The number of hydrogen-bond acceptors (Lipinski definition) is 5. The highest BCUT2D eigenvalue weighted by atomic mass is 19.3. The van der Waals surface area contributed by atoms with E-state index in [9.17, 15) is 8.78 Å². The quantitative estimate of drug-likeness (QED) is 0.659. The van der Waals surface area contributed by atoms with E-state index in [-0.39, 0.29) is 5.75 Å². The highest BCUT2D eigenvalue weighted by Crippen LogP contribution is 2.24. The third-order valence-corrected chi connectivity index (χ3v) is 6.30. The minimum atomic E-state index is -2.78. The van der Waals surface area contributed by atoms with E-state index >= 15 is 0 Å². The minimum Gasteiger partial charge on any atom is -0.497 e. The van der Waals surface area contributed by atoms with Gasteiger partial charge in [-0.1, -0.05) is 12.1 Å². The number of piperidine rings is 1. The van der Waals surface area contributed by atoms with E-state index in [0.717, 1.165) is 57.1 Å². The smallest absolute Gasteiger partial charge is 0.387 e. The van der Waals surface area contributed by atoms with Crippen LogP contribution in [-0.4, -0.2) is 68.8 Å². The Morgan fingerprint density at radius 3 is 2.23 bits per heavy atom. The summed E-state index contributed by atoms with van der Waals surface area (Å²) in [5.41, 5.74) is 2.39. The van der Waals surface area contributed by atoms with Crippen LogP contribution in [0.4, 0.5) is 14.5 Å². The number of rotatable bonds is 7. The molecule has 2 aliphatic rings. The van der Waals surface area contributed by atoms with Gasteiger partial charge in [-0.25, -0.2) is 0 Å². The van der Waals surface area contributed by atoms with Gasteiger partial charge >= 0.3 is 6.61 Å². The molecular formula is C24H31F2N3O2. The van der Waals surface area contributed by atoms with E-state index in [1.54, 1.807) is 19.2 Å². The first-order chi connectivity index (χ1) is 15.1. The Kier molecular flexibility index (Phi) is 7.25. The lowest BCUT2D eigenvalue weighted by Gasteiger charge is -2.44. The summed E-state index contributed by atoms with van der Waals surface area (Å²) in [6.07, 6.45) is 2.43. The third-order valence-electron chi connectivity index (χ3n) is 6.30. The molecule has 31 heavy (non-hydrogen) atoms. The first-order valence-corrected chi connectivity index (χ1v) is 11.0. The van der Waals surface area contributed by atoms with Gasteiger partial charge < -0.3 is 14.4 Å². The lowest BCUT2D eigenvalue weighted by Crippen LogP contribution is -2.55. The fourth-order valence-corrected chi connectivity index (χ4v) is 4.65. The van der Waals surface area contributed by atoms with E-state index < -0.39 is 6.61 Å². The van der Waals surface area contributed by atoms with Crippen molar-refractivity contribution in [2.75, 3.05) is 51.3 Å². The van der Waals surface area contributed by atoms with E-state index in [4.69, 9.17) is 4.74 Å². The van der Waals surface area contributed by atoms with Gasteiger partial charge in [0.05, 0.1) is 7.11 Å². The maximum absolute atomic E-state index is 12.3. The van der Waals surface area contributed by atoms with Crippen LogP contribution in [0.3, 0.4) is 0 Å². The number of benzene rings is 2. The van der Waals surface area contributed by atoms with Crippen LogP contribution in [0.15, 0.2) is 48.5 Å². The van der Waals surface area contributed by atoms with Crippen LogP contribution in [0.25, 0.3) is 0 Å². The van der Waals surface area contributed by atoms with Crippen molar-refractivity contribution in [1.82, 2.24) is 9.80 Å². The number of nitrogens with zero attached hydrogens (tertiary/aromatic N) is 3. The molecule has 2 aromatic carbocycles. The molecule has 7 heteroatoms. The molecule has 168 valence electrons. The molecule has 0 N–H and O–H groups in total. The van der Waals surface area contributed by atoms with Gasteiger partial charge in [-0.3, -0.25) is 9.80 Å². The van der Waals surface area contributed by atoms with Gasteiger partial charge in [0.25, 0.3) is 0 Å². The van der Waals surface area contributed by atoms with Crippen molar-refractivity contribution in [3.8, 4) is 11.5 Å². The molecule has 0 aliphatic carbocycles. The molecule has 0 amide bonds. The lowest BCUT2D eigenvalue weighted by atomic mass is 10.0. The monoisotopic (exact) mass is 431 g/mol. The number of piperazine rings is 1. The van der Waals surface area contributed by atoms with Gasteiger partial charge in [0.1, 0.15) is 11.5 Å². The summed E-state index contributed by atoms with van der Waals surface area (Å²) >= 11 is 0. The minimum absolute atomic E-state index is 0.213. The van der Waals surface area contributed by atoms with Crippen molar-refractivity contribution in [3.63, 3.8) is 0 Å². The molecule has 1 unspecified atom stereocenters. The average Bonchev–Trinajstić information content (AvgIpc) is 2.80. The van der Waals surface area contributed by atoms with Crippen molar-refractivity contribution < 1.29 is 18.3 Å². The number of halogens is 2. The van der Waals surface area contributed by atoms with Crippen LogP contribution in [0.5, 0.6) is 11.5 Å². The standard InChI is InChI=1S/C24H31F2N3O2/c1-30-22-10-6-20(7-11-22)28-13-15-29(16-14-28)21-3-2-12-27(18-21)17-19-4-8-23(9-5-19)31-24(25)26/h4-11,21,24H,2-3,12-18H2,1H3. The maximum atomic E-state index is 12.3. The van der Waals surface area contributed by atoms with E-state index in [1.165, 1.54) is 18.5 Å². The van der Waals surface area contributed by atoms with Crippen LogP contribution >= 0.6 is 0 Å². The maximum Gasteiger partial charge on any atom is 0.387 e. The molecule has 0 bridgehead atoms. The fourth-order valence-electron chi connectivity index (χ4n) is 4.65. The second-order valence-electron chi connectivity index (χ2n) is 8.27. The summed E-state index contributed by atoms with van der Waals surface area (Å²) in [6, 6.07) is 15.9. The first kappa shape index (κ1) is 21.8. The molecule has 2 fully saturated rings. The topological polar surface area (TPSA) is 28.2 Å². The molecular weight excluding hydrogens is 400 g/mol. The number of ether oxygens (including phenoxy) is 2. The van der Waals surface area contributed by atoms with E-state index in [0.29, 0.717) is 6.04 Å². The van der Waals surface area contributed by atoms with Crippen molar-refractivity contribution in [3.05, 3.63) is 54.1 Å². The Balaban J connectivity index is 1.27. The number of anilines is 1. The summed E-state index contributed by atoms with van der Waals surface area (Å²) in [5, 5.41) is 0. The zero-order valence-electron chi connectivity index (χ0n) is 18.1. The molecule has 1 atom stereocenters. The van der Waals surface area contributed by atoms with Crippen molar-refractivity contribution in [2.24, 2.45) is 0 Å². The Morgan fingerprint density at radius 2 is 1.58 bits per heavy atom. The summed E-state index contributed by atoms with van der Waals surface area (Å²) in [5.74, 6) is 1.10. The molecule has 0 aromatic heterocycles. The number of likely N-dealkylation sites (tertiary alicyclic amines) is 1. The number of methoxy groups -OCH3 is 1. The van der Waals surface area contributed by atoms with Crippen LogP contribution in [0.2, 0.25) is 0 Å². The SMILES string of the molecule is COc1ccc(N2CCN(C3CCCN(Cc4ccc(OC(F)F)cc4)C3)CC2)cc1. The molecule has 2 aromatic rings. The Hall–Kier alpha value is -2.38. The normalized spacial score (nSPS) is 20.8. The van der Waals surface area contributed by atoms with Gasteiger partial charge in [0.15, 0.2) is 0 Å². The summed E-state index contributed by atoms with van der Waals surface area (Å²) in [4.78, 5) is 7.55. The summed E-state index contributed by atoms with van der Waals surface area (Å²) in [6.45, 7) is 4.42. The van der Waals surface area contributed by atoms with Gasteiger partial charge in [-0.05, 0) is 61.3 Å². The average molecular weight is 432 g/mol. The predicted molar refractivity (Wildman–Crippen MR) is 118 cm³/mol. The molecule has 2 heterocycles.